The predicted molar refractivity (Wildman–Crippen MR) is 169 cm³/mol. The molecular formula is C33H37N5O8. The Hall–Kier alpha value is -5.17. The maximum Gasteiger partial charge on any atom is 0.326 e. The average molecular weight is 632 g/mol. The number of aliphatic hydroxyl groups is 2. The second kappa shape index (κ2) is 11.6. The molecule has 13 heteroatoms. The summed E-state index contributed by atoms with van der Waals surface area (Å²) in [4.78, 5) is 69.0. The number of phenols is 1. The number of nitrogens with one attached hydrogen (secondary N) is 2. The maximum absolute atomic E-state index is 14.2. The Morgan fingerprint density at radius 3 is 2.28 bits per heavy atom. The molecule has 7 N–H and O–H groups in total. The third kappa shape index (κ3) is 5.15. The lowest BCUT2D eigenvalue weighted by molar-refractivity contribution is -0.129. The number of anilines is 2. The van der Waals surface area contributed by atoms with Crippen molar-refractivity contribution in [2.75, 3.05) is 45.0 Å². The van der Waals surface area contributed by atoms with Crippen LogP contribution >= 0.6 is 0 Å². The minimum absolute atomic E-state index is 0.0830. The summed E-state index contributed by atoms with van der Waals surface area (Å²) in [6.45, 7) is 1.92. The zero-order valence-electron chi connectivity index (χ0n) is 26.2. The highest BCUT2D eigenvalue weighted by molar-refractivity contribution is 6.22. The summed E-state index contributed by atoms with van der Waals surface area (Å²) in [7, 11) is 6.99. The van der Waals surface area contributed by atoms with E-state index < -0.39 is 75.4 Å². The van der Waals surface area contributed by atoms with E-state index in [-0.39, 0.29) is 41.8 Å². The average Bonchev–Trinajstić information content (AvgIpc) is 2.97. The lowest BCUT2D eigenvalue weighted by atomic mass is 9.54. The number of fused-ring (bicyclic) bond motifs is 3. The zero-order chi connectivity index (χ0) is 33.8. The van der Waals surface area contributed by atoms with Gasteiger partial charge in [0.15, 0.2) is 17.3 Å². The Balaban J connectivity index is 1.58. The third-order valence-electron chi connectivity index (χ3n) is 9.23. The van der Waals surface area contributed by atoms with Crippen LogP contribution in [0, 0.1) is 23.2 Å². The van der Waals surface area contributed by atoms with Gasteiger partial charge in [0.05, 0.1) is 17.2 Å². The van der Waals surface area contributed by atoms with Crippen molar-refractivity contribution in [3.05, 3.63) is 75.8 Å². The van der Waals surface area contributed by atoms with Crippen LogP contribution in [0.3, 0.4) is 0 Å². The first kappa shape index (κ1) is 32.2. The van der Waals surface area contributed by atoms with E-state index in [1.807, 2.05) is 0 Å². The van der Waals surface area contributed by atoms with E-state index >= 15 is 0 Å². The van der Waals surface area contributed by atoms with Gasteiger partial charge in [-0.1, -0.05) is 25.1 Å². The molecule has 0 bridgehead atoms. The number of Topliss-reactive ketones (excluding diaryl/α,β-unsaturated/α-hetero) is 2. The van der Waals surface area contributed by atoms with Crippen molar-refractivity contribution >= 4 is 40.8 Å². The topological polar surface area (TPSA) is 203 Å². The standard InChI is InChI=1S/C33H37N5O8/c1-33(14-37(2)3)18-12-16-11-17-20(38(4)5)13-19(35-32(46)36-31(45)15-9-7-6-8-10-15)25(39)22(17)26(40)21(16)27(41)23(18)28(42)24(29(33)43)30(34)44/h6-10,13,16,18,23,39,41,43H,11-12,14H2,1-5H3,(H2,34,44)(H2,35,36,45,46). The van der Waals surface area contributed by atoms with Gasteiger partial charge >= 0.3 is 6.03 Å². The molecule has 0 spiro atoms. The van der Waals surface area contributed by atoms with Crippen LogP contribution in [0.15, 0.2) is 59.1 Å². The highest BCUT2D eigenvalue weighted by Crippen LogP contribution is 2.57. The predicted octanol–water partition coefficient (Wildman–Crippen LogP) is 2.67. The molecule has 0 aliphatic heterocycles. The van der Waals surface area contributed by atoms with Crippen LogP contribution in [-0.2, 0) is 16.0 Å². The van der Waals surface area contributed by atoms with Crippen LogP contribution in [0.4, 0.5) is 16.2 Å². The molecule has 0 radical (unpaired) electrons. The quantitative estimate of drug-likeness (QED) is 0.203. The summed E-state index contributed by atoms with van der Waals surface area (Å²) in [5, 5.41) is 38.9. The number of hydrogen-bond donors (Lipinski definition) is 6. The molecule has 0 aromatic heterocycles. The highest BCUT2D eigenvalue weighted by atomic mass is 16.3. The molecule has 0 fully saturated rings. The molecule has 2 aromatic carbocycles. The molecule has 0 saturated carbocycles. The Morgan fingerprint density at radius 1 is 1.04 bits per heavy atom. The number of aliphatic hydroxyl groups excluding tert-OH is 2. The fourth-order valence-electron chi connectivity index (χ4n) is 7.31. The van der Waals surface area contributed by atoms with Crippen LogP contribution < -0.4 is 21.3 Å². The zero-order valence-corrected chi connectivity index (χ0v) is 26.2. The molecule has 4 unspecified atom stereocenters. The van der Waals surface area contributed by atoms with Gasteiger partial charge in [0.1, 0.15) is 17.1 Å². The number of allylic oxidation sites excluding steroid dienone is 2. The molecule has 3 aliphatic rings. The van der Waals surface area contributed by atoms with Gasteiger partial charge in [0, 0.05) is 42.9 Å². The van der Waals surface area contributed by atoms with Crippen molar-refractivity contribution in [3.63, 3.8) is 0 Å². The number of aromatic hydroxyl groups is 1. The van der Waals surface area contributed by atoms with Crippen LogP contribution in [0.2, 0.25) is 0 Å². The van der Waals surface area contributed by atoms with E-state index in [1.165, 1.54) is 18.2 Å². The summed E-state index contributed by atoms with van der Waals surface area (Å²) < 4.78 is 0. The molecule has 46 heavy (non-hydrogen) atoms. The number of nitrogens with two attached hydrogens (primary N) is 1. The Morgan fingerprint density at radius 2 is 1.70 bits per heavy atom. The molecule has 2 aromatic rings. The summed E-state index contributed by atoms with van der Waals surface area (Å²) in [6.07, 6.45) is 0.391. The number of imide groups is 1. The number of primary amides is 1. The van der Waals surface area contributed by atoms with Crippen LogP contribution in [0.1, 0.15) is 39.6 Å². The van der Waals surface area contributed by atoms with Crippen molar-refractivity contribution in [2.24, 2.45) is 28.9 Å². The van der Waals surface area contributed by atoms with E-state index in [4.69, 9.17) is 5.73 Å². The molecule has 242 valence electrons. The largest absolute Gasteiger partial charge is 0.511 e. The van der Waals surface area contributed by atoms with E-state index in [2.05, 4.69) is 10.6 Å². The number of benzene rings is 2. The lowest BCUT2D eigenvalue weighted by Crippen LogP contribution is -2.54. The van der Waals surface area contributed by atoms with Gasteiger partial charge in [0.2, 0.25) is 0 Å². The monoisotopic (exact) mass is 631 g/mol. The summed E-state index contributed by atoms with van der Waals surface area (Å²) >= 11 is 0. The van der Waals surface area contributed by atoms with Crippen molar-refractivity contribution in [2.45, 2.75) is 19.8 Å². The molecule has 0 saturated heterocycles. The van der Waals surface area contributed by atoms with Gasteiger partial charge in [-0.15, -0.1) is 0 Å². The number of amides is 4. The minimum atomic E-state index is -1.33. The Kier molecular flexibility index (Phi) is 8.16. The molecule has 3 aliphatic carbocycles. The summed E-state index contributed by atoms with van der Waals surface area (Å²) in [6, 6.07) is 8.58. The van der Waals surface area contributed by atoms with Gasteiger partial charge in [-0.05, 0) is 62.5 Å². The summed E-state index contributed by atoms with van der Waals surface area (Å²) in [5.41, 5.74) is 4.54. The van der Waals surface area contributed by atoms with Crippen LogP contribution in [-0.4, -0.2) is 84.4 Å². The second-order valence-corrected chi connectivity index (χ2v) is 12.8. The first-order chi connectivity index (χ1) is 21.6. The van der Waals surface area contributed by atoms with E-state index in [1.54, 1.807) is 63.1 Å². The first-order valence-corrected chi connectivity index (χ1v) is 14.7. The van der Waals surface area contributed by atoms with Gasteiger partial charge in [-0.2, -0.15) is 0 Å². The van der Waals surface area contributed by atoms with Crippen molar-refractivity contribution in [1.29, 1.82) is 0 Å². The minimum Gasteiger partial charge on any atom is -0.511 e. The van der Waals surface area contributed by atoms with Gasteiger partial charge in [0.25, 0.3) is 11.8 Å². The Labute approximate surface area is 265 Å². The SMILES string of the molecule is CN(C)CC1(C)C(O)=C(C(N)=O)C(=O)C2C(O)=C3C(=O)c4c(O)c(NC(=O)NC(=O)c5ccccc5)cc(N(C)C)c4CC3CC21. The third-order valence-corrected chi connectivity index (χ3v) is 9.23. The smallest absolute Gasteiger partial charge is 0.326 e. The van der Waals surface area contributed by atoms with Crippen molar-refractivity contribution in [1.82, 2.24) is 10.2 Å². The number of phenolic OH excluding ortho intramolecular Hbond substituents is 1. The number of ketones is 2. The number of urea groups is 1. The molecular weight excluding hydrogens is 594 g/mol. The van der Waals surface area contributed by atoms with Gasteiger partial charge < -0.3 is 36.2 Å². The first-order valence-electron chi connectivity index (χ1n) is 14.7. The van der Waals surface area contributed by atoms with E-state index in [0.717, 1.165) is 0 Å². The number of carbonyl (C=O) groups is 5. The normalized spacial score (nSPS) is 23.8. The number of rotatable bonds is 6. The highest BCUT2D eigenvalue weighted by Gasteiger charge is 2.58. The van der Waals surface area contributed by atoms with Crippen molar-refractivity contribution in [3.8, 4) is 5.75 Å². The number of hydrogen-bond acceptors (Lipinski definition) is 10. The van der Waals surface area contributed by atoms with Gasteiger partial charge in [-0.25, -0.2) is 4.79 Å². The number of nitrogens with zero attached hydrogens (tertiary/aromatic N) is 2. The van der Waals surface area contributed by atoms with E-state index in [0.29, 0.717) is 11.3 Å². The fraction of sp³-hybridized carbons (Fsp3) is 0.364. The second-order valence-electron chi connectivity index (χ2n) is 12.8. The van der Waals surface area contributed by atoms with Crippen molar-refractivity contribution < 1.29 is 39.3 Å². The molecule has 4 atom stereocenters. The Bertz CT molecular complexity index is 1750. The van der Waals surface area contributed by atoms with Crippen LogP contribution in [0.5, 0.6) is 5.75 Å². The molecule has 5 rings (SSSR count). The van der Waals surface area contributed by atoms with E-state index in [9.17, 15) is 39.3 Å². The maximum atomic E-state index is 14.2. The molecule has 0 heterocycles. The number of carbonyl (C=O) groups excluding carboxylic acids is 5. The van der Waals surface area contributed by atoms with Gasteiger partial charge in [-0.3, -0.25) is 24.5 Å². The lowest BCUT2D eigenvalue weighted by Gasteiger charge is -2.50. The fourth-order valence-corrected chi connectivity index (χ4v) is 7.31. The molecule has 13 nitrogen and oxygen atoms in total. The molecule has 4 amide bonds. The van der Waals surface area contributed by atoms with Crippen LogP contribution in [0.25, 0.3) is 0 Å². The summed E-state index contributed by atoms with van der Waals surface area (Å²) in [5.74, 6) is -7.58.